The number of ether oxygens (including phenoxy) is 3. The normalized spacial score (nSPS) is 18.6. The molecule has 0 unspecified atom stereocenters. The van der Waals surface area contributed by atoms with E-state index in [4.69, 9.17) is 14.2 Å². The van der Waals surface area contributed by atoms with Crippen LogP contribution in [0.15, 0.2) is 60.7 Å². The van der Waals surface area contributed by atoms with E-state index >= 15 is 0 Å². The van der Waals surface area contributed by atoms with Crippen molar-refractivity contribution in [3.63, 3.8) is 0 Å². The van der Waals surface area contributed by atoms with Crippen molar-refractivity contribution in [2.24, 2.45) is 5.92 Å². The lowest BCUT2D eigenvalue weighted by molar-refractivity contribution is 0.0343. The van der Waals surface area contributed by atoms with E-state index in [0.717, 1.165) is 27.3 Å². The molecule has 43 heavy (non-hydrogen) atoms. The van der Waals surface area contributed by atoms with Gasteiger partial charge in [0.15, 0.2) is 22.3 Å². The number of thiazole rings is 1. The van der Waals surface area contributed by atoms with Crippen molar-refractivity contribution in [3.05, 3.63) is 76.8 Å². The molecule has 10 nitrogen and oxygen atoms in total. The van der Waals surface area contributed by atoms with Crippen LogP contribution in [0.2, 0.25) is 0 Å². The molecule has 0 bridgehead atoms. The molecule has 0 saturated carbocycles. The van der Waals surface area contributed by atoms with Crippen molar-refractivity contribution < 1.29 is 28.9 Å². The summed E-state index contributed by atoms with van der Waals surface area (Å²) < 4.78 is 18.6. The first-order chi connectivity index (χ1) is 20.8. The molecule has 0 aliphatic carbocycles. The number of nitrogens with zero attached hydrogens (tertiary/aromatic N) is 3. The van der Waals surface area contributed by atoms with Crippen molar-refractivity contribution in [1.29, 1.82) is 0 Å². The number of likely N-dealkylation sites (N-methyl/N-ethyl adjacent to an activating group) is 1. The Hall–Kier alpha value is -4.19. The number of fused-ring (bicyclic) bond motifs is 3. The molecule has 11 heteroatoms. The minimum absolute atomic E-state index is 0.0849. The number of nitrogens with one attached hydrogen (secondary N) is 1. The van der Waals surface area contributed by atoms with Gasteiger partial charge in [0.05, 0.1) is 34.1 Å². The maximum atomic E-state index is 13.8. The van der Waals surface area contributed by atoms with Crippen LogP contribution in [0.4, 0.5) is 5.69 Å². The Morgan fingerprint density at radius 1 is 1.16 bits per heavy atom. The number of carbonyl (C=O) groups is 2. The highest BCUT2D eigenvalue weighted by atomic mass is 32.1. The maximum absolute atomic E-state index is 13.8. The lowest BCUT2D eigenvalue weighted by Gasteiger charge is -2.38. The summed E-state index contributed by atoms with van der Waals surface area (Å²) >= 11 is 1.30. The third-order valence-corrected chi connectivity index (χ3v) is 8.84. The number of carbonyl (C=O) groups excluding carboxylic acids is 2. The molecular weight excluding hydrogens is 568 g/mol. The van der Waals surface area contributed by atoms with Gasteiger partial charge in [0, 0.05) is 25.6 Å². The van der Waals surface area contributed by atoms with Crippen molar-refractivity contribution >= 4 is 39.1 Å². The molecule has 4 aromatic rings. The summed E-state index contributed by atoms with van der Waals surface area (Å²) in [6.07, 6.45) is -0.334. The molecule has 3 atom stereocenters. The van der Waals surface area contributed by atoms with Gasteiger partial charge in [-0.25, -0.2) is 4.98 Å². The van der Waals surface area contributed by atoms with Crippen LogP contribution in [0.3, 0.4) is 0 Å². The van der Waals surface area contributed by atoms with E-state index in [9.17, 15) is 14.7 Å². The smallest absolute Gasteiger partial charge is 0.284 e. The van der Waals surface area contributed by atoms with Crippen LogP contribution >= 0.6 is 11.3 Å². The Morgan fingerprint density at radius 3 is 2.79 bits per heavy atom. The standard InChI is InChI=1S/C32H34N4O6S/c1-19-14-36(20(2)17-37)32(39)22-7-6-9-24(33-30(38)31-34-23-8-4-5-10-28(23)43-31)29(22)42-27(19)16-35(3)15-21-11-12-25-26(13-21)41-18-40-25/h4-13,19-20,27,37H,14-18H2,1-3H3,(H,33,38)/t19-,20+,27+/m1/s1. The topological polar surface area (TPSA) is 113 Å². The summed E-state index contributed by atoms with van der Waals surface area (Å²) in [7, 11) is 2.01. The number of aliphatic hydroxyl groups is 1. The number of aromatic nitrogens is 1. The summed E-state index contributed by atoms with van der Waals surface area (Å²) in [5.41, 5.74) is 2.54. The van der Waals surface area contributed by atoms with Crippen LogP contribution < -0.4 is 19.5 Å². The van der Waals surface area contributed by atoms with Crippen LogP contribution in [0, 0.1) is 5.92 Å². The van der Waals surface area contributed by atoms with Crippen molar-refractivity contribution in [3.8, 4) is 17.2 Å². The van der Waals surface area contributed by atoms with Crippen LogP contribution in [0.1, 0.15) is 39.6 Å². The van der Waals surface area contributed by atoms with Gasteiger partial charge in [-0.15, -0.1) is 11.3 Å². The average Bonchev–Trinajstić information content (AvgIpc) is 3.66. The highest BCUT2D eigenvalue weighted by Gasteiger charge is 2.35. The molecule has 3 aromatic carbocycles. The zero-order chi connectivity index (χ0) is 30.1. The molecule has 2 amide bonds. The van der Waals surface area contributed by atoms with Gasteiger partial charge >= 0.3 is 0 Å². The van der Waals surface area contributed by atoms with Gasteiger partial charge in [0.2, 0.25) is 6.79 Å². The fourth-order valence-corrected chi connectivity index (χ4v) is 6.29. The fraction of sp³-hybridized carbons (Fsp3) is 0.344. The molecular formula is C32H34N4O6S. The predicted molar refractivity (Wildman–Crippen MR) is 164 cm³/mol. The molecule has 0 radical (unpaired) electrons. The molecule has 2 aliphatic rings. The molecule has 2 aliphatic heterocycles. The zero-order valence-corrected chi connectivity index (χ0v) is 25.1. The lowest BCUT2D eigenvalue weighted by atomic mass is 9.98. The van der Waals surface area contributed by atoms with Gasteiger partial charge in [0.25, 0.3) is 11.8 Å². The molecule has 2 N–H and O–H groups in total. The van der Waals surface area contributed by atoms with E-state index in [1.165, 1.54) is 11.3 Å². The third kappa shape index (κ3) is 6.01. The Kier molecular flexibility index (Phi) is 8.20. The van der Waals surface area contributed by atoms with Gasteiger partial charge in [-0.3, -0.25) is 14.5 Å². The molecule has 0 saturated heterocycles. The van der Waals surface area contributed by atoms with Gasteiger partial charge in [0.1, 0.15) is 6.10 Å². The third-order valence-electron chi connectivity index (χ3n) is 7.81. The second kappa shape index (κ2) is 12.2. The van der Waals surface area contributed by atoms with Crippen LogP contribution in [-0.4, -0.2) is 77.4 Å². The molecule has 0 fully saturated rings. The van der Waals surface area contributed by atoms with Gasteiger partial charge in [-0.05, 0) is 55.9 Å². The molecule has 6 rings (SSSR count). The minimum Gasteiger partial charge on any atom is -0.486 e. The number of aliphatic hydroxyl groups excluding tert-OH is 1. The van der Waals surface area contributed by atoms with Gasteiger partial charge in [-0.2, -0.15) is 0 Å². The number of hydrogen-bond acceptors (Lipinski definition) is 9. The Morgan fingerprint density at radius 2 is 1.98 bits per heavy atom. The molecule has 1 aromatic heterocycles. The van der Waals surface area contributed by atoms with Crippen LogP contribution in [0.25, 0.3) is 10.2 Å². The first kappa shape index (κ1) is 28.9. The predicted octanol–water partition coefficient (Wildman–Crippen LogP) is 4.63. The van der Waals surface area contributed by atoms with E-state index in [1.807, 2.05) is 63.4 Å². The zero-order valence-electron chi connectivity index (χ0n) is 24.3. The van der Waals surface area contributed by atoms with Crippen molar-refractivity contribution in [1.82, 2.24) is 14.8 Å². The van der Waals surface area contributed by atoms with E-state index in [0.29, 0.717) is 41.6 Å². The van der Waals surface area contributed by atoms with E-state index in [1.54, 1.807) is 23.1 Å². The highest BCUT2D eigenvalue weighted by Crippen LogP contribution is 2.36. The number of anilines is 1. The second-order valence-corrected chi connectivity index (χ2v) is 12.2. The SMILES string of the molecule is C[C@@H]1CN([C@@H](C)CO)C(=O)c2cccc(NC(=O)c3nc4ccccc4s3)c2O[C@H]1CN(C)Cc1ccc2c(c1)OCO2. The summed E-state index contributed by atoms with van der Waals surface area (Å²) in [5, 5.41) is 13.3. The van der Waals surface area contributed by atoms with E-state index in [2.05, 4.69) is 15.2 Å². The monoisotopic (exact) mass is 602 g/mol. The maximum Gasteiger partial charge on any atom is 0.284 e. The van der Waals surface area contributed by atoms with Crippen LogP contribution in [-0.2, 0) is 6.54 Å². The molecule has 3 heterocycles. The summed E-state index contributed by atoms with van der Waals surface area (Å²) in [5.74, 6) is 1.06. The second-order valence-electron chi connectivity index (χ2n) is 11.1. The number of rotatable bonds is 8. The first-order valence-electron chi connectivity index (χ1n) is 14.3. The van der Waals surface area contributed by atoms with Crippen molar-refractivity contribution in [2.75, 3.05) is 38.9 Å². The van der Waals surface area contributed by atoms with Crippen molar-refractivity contribution in [2.45, 2.75) is 32.5 Å². The summed E-state index contributed by atoms with van der Waals surface area (Å²) in [6, 6.07) is 18.3. The summed E-state index contributed by atoms with van der Waals surface area (Å²) in [4.78, 5) is 35.5. The van der Waals surface area contributed by atoms with Gasteiger partial charge < -0.3 is 29.5 Å². The number of para-hydroxylation sites is 2. The number of benzene rings is 3. The number of amides is 2. The van der Waals surface area contributed by atoms with E-state index in [-0.39, 0.29) is 37.2 Å². The highest BCUT2D eigenvalue weighted by molar-refractivity contribution is 7.20. The largest absolute Gasteiger partial charge is 0.486 e. The Labute approximate surface area is 253 Å². The minimum atomic E-state index is -0.395. The van der Waals surface area contributed by atoms with E-state index < -0.39 is 6.04 Å². The molecule has 224 valence electrons. The van der Waals surface area contributed by atoms with Gasteiger partial charge in [-0.1, -0.05) is 31.2 Å². The lowest BCUT2D eigenvalue weighted by Crippen LogP contribution is -2.49. The summed E-state index contributed by atoms with van der Waals surface area (Å²) in [6.45, 7) is 5.51. The Bertz CT molecular complexity index is 1630. The average molecular weight is 603 g/mol. The van der Waals surface area contributed by atoms with Crippen LogP contribution in [0.5, 0.6) is 17.2 Å². The Balaban J connectivity index is 1.29. The number of hydrogen-bond donors (Lipinski definition) is 2. The molecule has 0 spiro atoms. The quantitative estimate of drug-likeness (QED) is 0.300. The fourth-order valence-electron chi connectivity index (χ4n) is 5.43. The first-order valence-corrected chi connectivity index (χ1v) is 15.1.